The fourth-order valence-corrected chi connectivity index (χ4v) is 0.901. The van der Waals surface area contributed by atoms with E-state index in [1.54, 1.807) is 13.2 Å². The molecule has 0 radical (unpaired) electrons. The third-order valence-corrected chi connectivity index (χ3v) is 1.58. The van der Waals surface area contributed by atoms with Crippen LogP contribution in [0, 0.1) is 11.3 Å². The highest BCUT2D eigenvalue weighted by atomic mass is 16.5. The minimum absolute atomic E-state index is 0.379. The molecular formula is C7H9NO. The summed E-state index contributed by atoms with van der Waals surface area (Å²) in [7, 11) is 1.70. The smallest absolute Gasteiger partial charge is 0.0911 e. The summed E-state index contributed by atoms with van der Waals surface area (Å²) in [5.74, 6) is 0. The van der Waals surface area contributed by atoms with Crippen LogP contribution in [0.15, 0.2) is 11.6 Å². The van der Waals surface area contributed by atoms with Gasteiger partial charge in [-0.2, -0.15) is 5.26 Å². The first-order valence-electron chi connectivity index (χ1n) is 2.97. The molecule has 0 unspecified atom stereocenters. The fraction of sp³-hybridized carbons (Fsp3) is 0.571. The molecule has 0 aromatic heterocycles. The van der Waals surface area contributed by atoms with E-state index in [0.717, 1.165) is 12.8 Å². The topological polar surface area (TPSA) is 33.0 Å². The third kappa shape index (κ3) is 1.30. The summed E-state index contributed by atoms with van der Waals surface area (Å²) >= 11 is 0. The molecule has 0 bridgehead atoms. The number of ether oxygens (including phenoxy) is 1. The molecule has 0 atom stereocenters. The Hall–Kier alpha value is -0.810. The molecule has 1 saturated carbocycles. The molecule has 2 nitrogen and oxygen atoms in total. The average molecular weight is 123 g/mol. The Balaban J connectivity index is 2.28. The number of methoxy groups -OCH3 is 1. The van der Waals surface area contributed by atoms with Crippen LogP contribution in [0.1, 0.15) is 12.8 Å². The van der Waals surface area contributed by atoms with Crippen molar-refractivity contribution in [3.05, 3.63) is 11.6 Å². The highest BCUT2D eigenvalue weighted by Gasteiger charge is 2.21. The zero-order chi connectivity index (χ0) is 6.69. The molecule has 48 valence electrons. The zero-order valence-corrected chi connectivity index (χ0v) is 5.42. The van der Waals surface area contributed by atoms with Gasteiger partial charge in [-0.15, -0.1) is 0 Å². The molecule has 0 aliphatic heterocycles. The van der Waals surface area contributed by atoms with Crippen molar-refractivity contribution in [1.29, 1.82) is 5.26 Å². The van der Waals surface area contributed by atoms with Gasteiger partial charge < -0.3 is 4.74 Å². The first kappa shape index (κ1) is 6.31. The van der Waals surface area contributed by atoms with Crippen molar-refractivity contribution >= 4 is 0 Å². The van der Waals surface area contributed by atoms with E-state index in [1.165, 1.54) is 5.57 Å². The summed E-state index contributed by atoms with van der Waals surface area (Å²) < 4.78 is 5.01. The van der Waals surface area contributed by atoms with Gasteiger partial charge in [0, 0.05) is 13.2 Å². The lowest BCUT2D eigenvalue weighted by Crippen LogP contribution is -2.22. The second-order valence-electron chi connectivity index (χ2n) is 2.20. The van der Waals surface area contributed by atoms with Crippen LogP contribution >= 0.6 is 0 Å². The first-order chi connectivity index (χ1) is 4.36. The molecule has 0 saturated heterocycles. The predicted octanol–water partition coefficient (Wildman–Crippen LogP) is 1.25. The van der Waals surface area contributed by atoms with Crippen LogP contribution in [-0.4, -0.2) is 13.2 Å². The maximum absolute atomic E-state index is 8.19. The van der Waals surface area contributed by atoms with Crippen molar-refractivity contribution in [1.82, 2.24) is 0 Å². The molecule has 1 aliphatic carbocycles. The lowest BCUT2D eigenvalue weighted by atomic mass is 9.89. The SMILES string of the molecule is COC1CC(=CC#N)C1. The van der Waals surface area contributed by atoms with Crippen molar-refractivity contribution in [2.45, 2.75) is 18.9 Å². The summed E-state index contributed by atoms with van der Waals surface area (Å²) in [5, 5.41) is 8.19. The lowest BCUT2D eigenvalue weighted by Gasteiger charge is -2.26. The molecule has 1 fully saturated rings. The van der Waals surface area contributed by atoms with Gasteiger partial charge in [-0.05, 0) is 12.8 Å². The number of nitriles is 1. The van der Waals surface area contributed by atoms with Gasteiger partial charge in [0.15, 0.2) is 0 Å². The molecule has 1 aliphatic rings. The van der Waals surface area contributed by atoms with Gasteiger partial charge in [0.2, 0.25) is 0 Å². The molecule has 0 aromatic carbocycles. The first-order valence-corrected chi connectivity index (χ1v) is 2.97. The number of hydrogen-bond donors (Lipinski definition) is 0. The van der Waals surface area contributed by atoms with Gasteiger partial charge >= 0.3 is 0 Å². The fourth-order valence-electron chi connectivity index (χ4n) is 0.901. The second-order valence-corrected chi connectivity index (χ2v) is 2.20. The van der Waals surface area contributed by atoms with Gasteiger partial charge in [0.25, 0.3) is 0 Å². The zero-order valence-electron chi connectivity index (χ0n) is 5.42. The van der Waals surface area contributed by atoms with Crippen LogP contribution in [-0.2, 0) is 4.74 Å². The van der Waals surface area contributed by atoms with E-state index < -0.39 is 0 Å². The van der Waals surface area contributed by atoms with Crippen LogP contribution in [0.3, 0.4) is 0 Å². The number of hydrogen-bond acceptors (Lipinski definition) is 2. The van der Waals surface area contributed by atoms with Crippen molar-refractivity contribution in [2.75, 3.05) is 7.11 Å². The lowest BCUT2D eigenvalue weighted by molar-refractivity contribution is 0.0726. The molecule has 0 amide bonds. The van der Waals surface area contributed by atoms with Crippen molar-refractivity contribution in [3.63, 3.8) is 0 Å². The van der Waals surface area contributed by atoms with Crippen molar-refractivity contribution in [3.8, 4) is 6.07 Å². The number of allylic oxidation sites excluding steroid dienone is 1. The van der Waals surface area contributed by atoms with Crippen LogP contribution < -0.4 is 0 Å². The Kier molecular flexibility index (Phi) is 1.86. The Bertz CT molecular complexity index is 158. The van der Waals surface area contributed by atoms with Crippen LogP contribution in [0.2, 0.25) is 0 Å². The van der Waals surface area contributed by atoms with Crippen LogP contribution in [0.4, 0.5) is 0 Å². The van der Waals surface area contributed by atoms with E-state index in [1.807, 2.05) is 6.07 Å². The summed E-state index contributed by atoms with van der Waals surface area (Å²) in [5.41, 5.74) is 1.21. The highest BCUT2D eigenvalue weighted by molar-refractivity contribution is 5.21. The van der Waals surface area contributed by atoms with E-state index in [9.17, 15) is 0 Å². The van der Waals surface area contributed by atoms with Gasteiger partial charge in [0.05, 0.1) is 12.2 Å². The molecule has 2 heteroatoms. The number of nitrogens with zero attached hydrogens (tertiary/aromatic N) is 1. The van der Waals surface area contributed by atoms with E-state index >= 15 is 0 Å². The van der Waals surface area contributed by atoms with Gasteiger partial charge in [-0.3, -0.25) is 0 Å². The largest absolute Gasteiger partial charge is 0.381 e. The van der Waals surface area contributed by atoms with E-state index in [2.05, 4.69) is 0 Å². The predicted molar refractivity (Wildman–Crippen MR) is 33.7 cm³/mol. The van der Waals surface area contributed by atoms with Gasteiger partial charge in [0.1, 0.15) is 0 Å². The Morgan fingerprint density at radius 1 is 1.78 bits per heavy atom. The third-order valence-electron chi connectivity index (χ3n) is 1.58. The van der Waals surface area contributed by atoms with Crippen molar-refractivity contribution < 1.29 is 4.74 Å². The van der Waals surface area contributed by atoms with E-state index in [4.69, 9.17) is 10.00 Å². The standard InChI is InChI=1S/C7H9NO/c1-9-7-4-6(5-7)2-3-8/h2,7H,4-5H2,1H3. The molecule has 0 spiro atoms. The maximum atomic E-state index is 8.19. The Morgan fingerprint density at radius 3 is 2.89 bits per heavy atom. The quantitative estimate of drug-likeness (QED) is 0.491. The average Bonchev–Trinajstić information content (AvgIpc) is 1.77. The molecule has 0 heterocycles. The molecule has 9 heavy (non-hydrogen) atoms. The van der Waals surface area contributed by atoms with Crippen LogP contribution in [0.5, 0.6) is 0 Å². The van der Waals surface area contributed by atoms with Gasteiger partial charge in [-0.25, -0.2) is 0 Å². The van der Waals surface area contributed by atoms with Crippen LogP contribution in [0.25, 0.3) is 0 Å². The maximum Gasteiger partial charge on any atom is 0.0911 e. The monoisotopic (exact) mass is 123 g/mol. The number of rotatable bonds is 1. The highest BCUT2D eigenvalue weighted by Crippen LogP contribution is 2.27. The van der Waals surface area contributed by atoms with Gasteiger partial charge in [-0.1, -0.05) is 5.57 Å². The minimum atomic E-state index is 0.379. The normalized spacial score (nSPS) is 24.4. The second kappa shape index (κ2) is 2.65. The summed E-state index contributed by atoms with van der Waals surface area (Å²) in [6.45, 7) is 0. The molecule has 0 aromatic rings. The van der Waals surface area contributed by atoms with E-state index in [0.29, 0.717) is 6.10 Å². The Labute approximate surface area is 54.7 Å². The summed E-state index contributed by atoms with van der Waals surface area (Å²) in [4.78, 5) is 0. The Morgan fingerprint density at radius 2 is 2.44 bits per heavy atom. The van der Waals surface area contributed by atoms with E-state index in [-0.39, 0.29) is 0 Å². The summed E-state index contributed by atoms with van der Waals surface area (Å²) in [6, 6.07) is 2.00. The minimum Gasteiger partial charge on any atom is -0.381 e. The molecule has 1 rings (SSSR count). The molecular weight excluding hydrogens is 114 g/mol. The molecule has 0 N–H and O–H groups in total. The van der Waals surface area contributed by atoms with Crippen molar-refractivity contribution in [2.24, 2.45) is 0 Å². The summed E-state index contributed by atoms with van der Waals surface area (Å²) in [6.07, 6.45) is 3.88.